The van der Waals surface area contributed by atoms with E-state index in [-0.39, 0.29) is 5.75 Å². The van der Waals surface area contributed by atoms with E-state index in [1.807, 2.05) is 24.3 Å². The molecule has 1 saturated heterocycles. The van der Waals surface area contributed by atoms with Crippen molar-refractivity contribution in [3.8, 4) is 0 Å². The molecule has 1 aliphatic heterocycles. The zero-order valence-corrected chi connectivity index (χ0v) is 11.7. The summed E-state index contributed by atoms with van der Waals surface area (Å²) in [5.41, 5.74) is 7.31. The van der Waals surface area contributed by atoms with Crippen LogP contribution < -0.4 is 5.73 Å². The summed E-state index contributed by atoms with van der Waals surface area (Å²) in [7, 11) is -3.27. The lowest BCUT2D eigenvalue weighted by atomic mass is 10.1. The topological polar surface area (TPSA) is 72.6 Å². The third-order valence-electron chi connectivity index (χ3n) is 3.15. The van der Waals surface area contributed by atoms with Gasteiger partial charge in [-0.1, -0.05) is 24.3 Å². The first-order valence-electron chi connectivity index (χ1n) is 6.45. The number of benzene rings is 1. The Kier molecular flexibility index (Phi) is 4.93. The quantitative estimate of drug-likeness (QED) is 0.883. The number of nitrogens with two attached hydrogens (primary N) is 1. The van der Waals surface area contributed by atoms with Crippen molar-refractivity contribution in [3.05, 3.63) is 35.4 Å². The third-order valence-corrected chi connectivity index (χ3v) is 5.00. The van der Waals surface area contributed by atoms with Crippen LogP contribution in [0.4, 0.5) is 0 Å². The van der Waals surface area contributed by atoms with Crippen LogP contribution in [-0.4, -0.2) is 39.0 Å². The van der Waals surface area contributed by atoms with Gasteiger partial charge < -0.3 is 10.5 Å². The smallest absolute Gasteiger partial charge is 0.218 e. The normalized spacial score (nSPS) is 18.2. The van der Waals surface area contributed by atoms with Gasteiger partial charge in [0.05, 0.1) is 12.4 Å². The summed E-state index contributed by atoms with van der Waals surface area (Å²) >= 11 is 0. The molecule has 6 heteroatoms. The molecule has 1 heterocycles. The van der Waals surface area contributed by atoms with Crippen LogP contribution in [0.5, 0.6) is 0 Å². The standard InChI is InChI=1S/C13H20N2O3S/c14-10-12-3-1-4-13(9-12)11-19(16,17)15-5-2-7-18-8-6-15/h1,3-4,9H,2,5-8,10-11,14H2. The molecular formula is C13H20N2O3S. The van der Waals surface area contributed by atoms with Crippen LogP contribution in [-0.2, 0) is 27.1 Å². The minimum Gasteiger partial charge on any atom is -0.380 e. The second kappa shape index (κ2) is 6.47. The van der Waals surface area contributed by atoms with E-state index in [2.05, 4.69) is 0 Å². The molecule has 0 atom stereocenters. The highest BCUT2D eigenvalue weighted by molar-refractivity contribution is 7.88. The van der Waals surface area contributed by atoms with Gasteiger partial charge in [-0.05, 0) is 17.5 Å². The van der Waals surface area contributed by atoms with Crippen LogP contribution in [0.15, 0.2) is 24.3 Å². The summed E-state index contributed by atoms with van der Waals surface area (Å²) in [5.74, 6) is 0.0286. The molecule has 0 bridgehead atoms. The predicted octanol–water partition coefficient (Wildman–Crippen LogP) is 0.697. The molecule has 2 N–H and O–H groups in total. The Bertz CT molecular complexity index is 508. The Morgan fingerprint density at radius 1 is 1.21 bits per heavy atom. The fraction of sp³-hybridized carbons (Fsp3) is 0.538. The van der Waals surface area contributed by atoms with E-state index in [1.54, 1.807) is 0 Å². The molecule has 0 aliphatic carbocycles. The zero-order valence-electron chi connectivity index (χ0n) is 10.9. The van der Waals surface area contributed by atoms with E-state index in [1.165, 1.54) is 4.31 Å². The van der Waals surface area contributed by atoms with E-state index in [0.717, 1.165) is 17.5 Å². The second-order valence-corrected chi connectivity index (χ2v) is 6.61. The van der Waals surface area contributed by atoms with Crippen molar-refractivity contribution in [3.63, 3.8) is 0 Å². The number of rotatable bonds is 4. The summed E-state index contributed by atoms with van der Waals surface area (Å²) in [6.45, 7) is 2.51. The minimum absolute atomic E-state index is 0.0286. The van der Waals surface area contributed by atoms with E-state index >= 15 is 0 Å². The molecule has 0 radical (unpaired) electrons. The molecule has 1 fully saturated rings. The zero-order chi connectivity index (χ0) is 13.7. The monoisotopic (exact) mass is 284 g/mol. The Labute approximate surface area is 114 Å². The molecule has 0 unspecified atom stereocenters. The Morgan fingerprint density at radius 2 is 2.00 bits per heavy atom. The maximum atomic E-state index is 12.3. The van der Waals surface area contributed by atoms with E-state index in [9.17, 15) is 8.42 Å². The van der Waals surface area contributed by atoms with Crippen molar-refractivity contribution in [2.45, 2.75) is 18.7 Å². The SMILES string of the molecule is NCc1cccc(CS(=O)(=O)N2CCCOCC2)c1. The summed E-state index contributed by atoms with van der Waals surface area (Å²) < 4.78 is 31.5. The maximum absolute atomic E-state index is 12.3. The number of hydrogen-bond acceptors (Lipinski definition) is 4. The molecule has 1 aromatic carbocycles. The van der Waals surface area contributed by atoms with Crippen molar-refractivity contribution < 1.29 is 13.2 Å². The van der Waals surface area contributed by atoms with Crippen molar-refractivity contribution in [2.24, 2.45) is 5.73 Å². The Balaban J connectivity index is 2.10. The molecule has 106 valence electrons. The lowest BCUT2D eigenvalue weighted by Gasteiger charge is -2.19. The fourth-order valence-corrected chi connectivity index (χ4v) is 3.69. The number of hydrogen-bond donors (Lipinski definition) is 1. The van der Waals surface area contributed by atoms with Gasteiger partial charge in [0.2, 0.25) is 10.0 Å². The van der Waals surface area contributed by atoms with Crippen LogP contribution in [0, 0.1) is 0 Å². The van der Waals surface area contributed by atoms with Crippen LogP contribution in [0.3, 0.4) is 0 Å². The molecule has 1 aliphatic rings. The molecule has 0 aromatic heterocycles. The van der Waals surface area contributed by atoms with Crippen molar-refractivity contribution in [1.29, 1.82) is 0 Å². The highest BCUT2D eigenvalue weighted by Gasteiger charge is 2.23. The first-order chi connectivity index (χ1) is 9.12. The van der Waals surface area contributed by atoms with Gasteiger partial charge in [-0.15, -0.1) is 0 Å². The highest BCUT2D eigenvalue weighted by Crippen LogP contribution is 2.14. The largest absolute Gasteiger partial charge is 0.380 e. The van der Waals surface area contributed by atoms with Crippen LogP contribution >= 0.6 is 0 Å². The molecule has 0 amide bonds. The molecule has 2 rings (SSSR count). The van der Waals surface area contributed by atoms with Crippen LogP contribution in [0.1, 0.15) is 17.5 Å². The summed E-state index contributed by atoms with van der Waals surface area (Å²) in [6, 6.07) is 7.42. The summed E-state index contributed by atoms with van der Waals surface area (Å²) in [5, 5.41) is 0. The summed E-state index contributed by atoms with van der Waals surface area (Å²) in [6.07, 6.45) is 0.752. The molecule has 0 spiro atoms. The van der Waals surface area contributed by atoms with E-state index in [4.69, 9.17) is 10.5 Å². The highest BCUT2D eigenvalue weighted by atomic mass is 32.2. The Hall–Kier alpha value is -0.950. The van der Waals surface area contributed by atoms with Crippen LogP contribution in [0.2, 0.25) is 0 Å². The van der Waals surface area contributed by atoms with Gasteiger partial charge in [-0.2, -0.15) is 4.31 Å². The number of ether oxygens (including phenoxy) is 1. The lowest BCUT2D eigenvalue weighted by molar-refractivity contribution is 0.148. The van der Waals surface area contributed by atoms with Gasteiger partial charge in [-0.25, -0.2) is 8.42 Å². The first kappa shape index (κ1) is 14.5. The van der Waals surface area contributed by atoms with Crippen LogP contribution in [0.25, 0.3) is 0 Å². The number of sulfonamides is 1. The van der Waals surface area contributed by atoms with Gasteiger partial charge in [0, 0.05) is 26.2 Å². The fourth-order valence-electron chi connectivity index (χ4n) is 2.15. The van der Waals surface area contributed by atoms with E-state index < -0.39 is 10.0 Å². The molecule has 0 saturated carbocycles. The van der Waals surface area contributed by atoms with Gasteiger partial charge in [0.1, 0.15) is 0 Å². The second-order valence-electron chi connectivity index (χ2n) is 4.65. The minimum atomic E-state index is -3.27. The molecule has 5 nitrogen and oxygen atoms in total. The Morgan fingerprint density at radius 3 is 2.79 bits per heavy atom. The average molecular weight is 284 g/mol. The summed E-state index contributed by atoms with van der Waals surface area (Å²) in [4.78, 5) is 0. The number of nitrogens with zero attached hydrogens (tertiary/aromatic N) is 1. The van der Waals surface area contributed by atoms with Crippen molar-refractivity contribution in [1.82, 2.24) is 4.31 Å². The van der Waals surface area contributed by atoms with Gasteiger partial charge in [-0.3, -0.25) is 0 Å². The average Bonchev–Trinajstić information content (AvgIpc) is 2.68. The van der Waals surface area contributed by atoms with Crippen molar-refractivity contribution in [2.75, 3.05) is 26.3 Å². The maximum Gasteiger partial charge on any atom is 0.218 e. The lowest BCUT2D eigenvalue weighted by Crippen LogP contribution is -2.34. The van der Waals surface area contributed by atoms with Gasteiger partial charge in [0.15, 0.2) is 0 Å². The predicted molar refractivity (Wildman–Crippen MR) is 74.0 cm³/mol. The van der Waals surface area contributed by atoms with Gasteiger partial charge in [0.25, 0.3) is 0 Å². The van der Waals surface area contributed by atoms with E-state index in [0.29, 0.717) is 32.8 Å². The first-order valence-corrected chi connectivity index (χ1v) is 8.06. The third kappa shape index (κ3) is 4.01. The molecular weight excluding hydrogens is 264 g/mol. The molecule has 1 aromatic rings. The molecule has 19 heavy (non-hydrogen) atoms. The van der Waals surface area contributed by atoms with Crippen molar-refractivity contribution >= 4 is 10.0 Å². The van der Waals surface area contributed by atoms with Gasteiger partial charge >= 0.3 is 0 Å².